The molecule has 1 unspecified atom stereocenters. The van der Waals surface area contributed by atoms with Gasteiger partial charge in [-0.25, -0.2) is 0 Å². The van der Waals surface area contributed by atoms with Crippen molar-refractivity contribution < 1.29 is 13.9 Å². The van der Waals surface area contributed by atoms with E-state index in [0.29, 0.717) is 24.8 Å². The summed E-state index contributed by atoms with van der Waals surface area (Å²) in [6.07, 6.45) is 2.51. The predicted octanol–water partition coefficient (Wildman–Crippen LogP) is 2.57. The van der Waals surface area contributed by atoms with Crippen molar-refractivity contribution in [2.45, 2.75) is 19.3 Å². The number of rotatable bonds is 4. The molecule has 154 valence electrons. The van der Waals surface area contributed by atoms with Crippen LogP contribution in [0, 0.1) is 0 Å². The van der Waals surface area contributed by atoms with Crippen molar-refractivity contribution >= 4 is 11.9 Å². The Hall–Kier alpha value is -2.96. The summed E-state index contributed by atoms with van der Waals surface area (Å²) in [7, 11) is 0. The molecule has 2 aromatic rings. The van der Waals surface area contributed by atoms with Crippen LogP contribution in [0.4, 0.5) is 0 Å². The third-order valence-corrected chi connectivity index (χ3v) is 5.48. The Kier molecular flexibility index (Phi) is 6.03. The number of aliphatic imine (C=N–C) groups is 1. The highest BCUT2D eigenvalue weighted by Gasteiger charge is 2.26. The maximum atomic E-state index is 12.5. The minimum atomic E-state index is -0.0459. The minimum absolute atomic E-state index is 0.0459. The molecule has 29 heavy (non-hydrogen) atoms. The lowest BCUT2D eigenvalue weighted by molar-refractivity contribution is 0.0657. The van der Waals surface area contributed by atoms with E-state index in [-0.39, 0.29) is 5.91 Å². The molecular formula is C22H28N4O3. The third-order valence-electron chi connectivity index (χ3n) is 5.48. The normalized spacial score (nSPS) is 19.5. The summed E-state index contributed by atoms with van der Waals surface area (Å²) in [5.41, 5.74) is 1.24. The van der Waals surface area contributed by atoms with Gasteiger partial charge in [0.1, 0.15) is 5.75 Å². The van der Waals surface area contributed by atoms with Gasteiger partial charge in [0, 0.05) is 45.2 Å². The maximum absolute atomic E-state index is 12.5. The summed E-state index contributed by atoms with van der Waals surface area (Å²) in [6.45, 7) is 7.18. The Bertz CT molecular complexity index is 842. The fraction of sp³-hybridized carbons (Fsp3) is 0.455. The summed E-state index contributed by atoms with van der Waals surface area (Å²) < 4.78 is 11.0. The molecule has 1 atom stereocenters. The van der Waals surface area contributed by atoms with Crippen LogP contribution in [0.2, 0.25) is 0 Å². The quantitative estimate of drug-likeness (QED) is 0.635. The second-order valence-electron chi connectivity index (χ2n) is 7.32. The van der Waals surface area contributed by atoms with Crippen LogP contribution in [-0.4, -0.2) is 67.5 Å². The number of amides is 1. The standard InChI is InChI=1S/C22H28N4O3/c1-2-23-22(24-16-17-9-15-29-19-7-4-3-6-18(17)19)26-12-10-25(11-13-26)21(27)20-8-5-14-28-20/h3-8,14,17H,2,9-13,15-16H2,1H3,(H,23,24). The first-order valence-electron chi connectivity index (χ1n) is 10.3. The Morgan fingerprint density at radius 3 is 2.69 bits per heavy atom. The summed E-state index contributed by atoms with van der Waals surface area (Å²) >= 11 is 0. The molecule has 0 radical (unpaired) electrons. The lowest BCUT2D eigenvalue weighted by Gasteiger charge is -2.36. The molecule has 2 aliphatic rings. The van der Waals surface area contributed by atoms with Crippen LogP contribution in [0.1, 0.15) is 35.4 Å². The summed E-state index contributed by atoms with van der Waals surface area (Å²) in [6, 6.07) is 11.7. The van der Waals surface area contributed by atoms with Crippen molar-refractivity contribution in [2.24, 2.45) is 4.99 Å². The fourth-order valence-electron chi connectivity index (χ4n) is 3.91. The van der Waals surface area contributed by atoms with Crippen molar-refractivity contribution in [1.82, 2.24) is 15.1 Å². The zero-order chi connectivity index (χ0) is 20.1. The first-order valence-corrected chi connectivity index (χ1v) is 10.3. The molecule has 2 aliphatic heterocycles. The summed E-state index contributed by atoms with van der Waals surface area (Å²) in [4.78, 5) is 21.5. The number of benzene rings is 1. The number of nitrogens with zero attached hydrogens (tertiary/aromatic N) is 3. The van der Waals surface area contributed by atoms with Gasteiger partial charge in [0.2, 0.25) is 0 Å². The smallest absolute Gasteiger partial charge is 0.289 e. The molecular weight excluding hydrogens is 368 g/mol. The number of para-hydroxylation sites is 1. The number of nitrogens with one attached hydrogen (secondary N) is 1. The van der Waals surface area contributed by atoms with E-state index in [1.807, 2.05) is 17.0 Å². The number of furan rings is 1. The molecule has 4 rings (SSSR count). The van der Waals surface area contributed by atoms with Gasteiger partial charge in [0.25, 0.3) is 5.91 Å². The van der Waals surface area contributed by atoms with E-state index >= 15 is 0 Å². The van der Waals surface area contributed by atoms with Gasteiger partial charge < -0.3 is 24.3 Å². The minimum Gasteiger partial charge on any atom is -0.493 e. The number of ether oxygens (including phenoxy) is 1. The third kappa shape index (κ3) is 4.39. The van der Waals surface area contributed by atoms with Crippen LogP contribution < -0.4 is 10.1 Å². The lowest BCUT2D eigenvalue weighted by atomic mass is 9.93. The van der Waals surface area contributed by atoms with Gasteiger partial charge in [-0.05, 0) is 37.1 Å². The highest BCUT2D eigenvalue weighted by molar-refractivity contribution is 5.91. The summed E-state index contributed by atoms with van der Waals surface area (Å²) in [5, 5.41) is 3.41. The van der Waals surface area contributed by atoms with E-state index in [9.17, 15) is 4.79 Å². The van der Waals surface area contributed by atoms with Gasteiger partial charge in [-0.2, -0.15) is 0 Å². The number of hydrogen-bond donors (Lipinski definition) is 1. The second kappa shape index (κ2) is 9.03. The van der Waals surface area contributed by atoms with Gasteiger partial charge >= 0.3 is 0 Å². The zero-order valence-electron chi connectivity index (χ0n) is 16.8. The molecule has 1 fully saturated rings. The Labute approximate surface area is 171 Å². The van der Waals surface area contributed by atoms with Crippen molar-refractivity contribution in [1.29, 1.82) is 0 Å². The van der Waals surface area contributed by atoms with E-state index in [2.05, 4.69) is 29.3 Å². The Morgan fingerprint density at radius 1 is 1.14 bits per heavy atom. The van der Waals surface area contributed by atoms with Crippen molar-refractivity contribution in [3.63, 3.8) is 0 Å². The maximum Gasteiger partial charge on any atom is 0.289 e. The predicted molar refractivity (Wildman–Crippen MR) is 111 cm³/mol. The van der Waals surface area contributed by atoms with E-state index in [1.165, 1.54) is 11.8 Å². The number of carbonyl (C=O) groups is 1. The van der Waals surface area contributed by atoms with Gasteiger partial charge in [-0.15, -0.1) is 0 Å². The number of guanidine groups is 1. The average molecular weight is 396 g/mol. The number of hydrogen-bond acceptors (Lipinski definition) is 4. The van der Waals surface area contributed by atoms with Gasteiger partial charge in [-0.1, -0.05) is 18.2 Å². The van der Waals surface area contributed by atoms with Crippen LogP contribution in [0.3, 0.4) is 0 Å². The molecule has 0 bridgehead atoms. The molecule has 1 amide bonds. The molecule has 0 aliphatic carbocycles. The van der Waals surface area contributed by atoms with E-state index < -0.39 is 0 Å². The fourth-order valence-corrected chi connectivity index (χ4v) is 3.91. The van der Waals surface area contributed by atoms with Crippen LogP contribution in [0.5, 0.6) is 5.75 Å². The van der Waals surface area contributed by atoms with Crippen LogP contribution >= 0.6 is 0 Å². The van der Waals surface area contributed by atoms with Crippen LogP contribution in [0.25, 0.3) is 0 Å². The molecule has 7 heteroatoms. The first kappa shape index (κ1) is 19.4. The Balaban J connectivity index is 1.39. The summed E-state index contributed by atoms with van der Waals surface area (Å²) in [5.74, 6) is 2.62. The highest BCUT2D eigenvalue weighted by Crippen LogP contribution is 2.33. The monoisotopic (exact) mass is 396 g/mol. The largest absolute Gasteiger partial charge is 0.493 e. The molecule has 3 heterocycles. The van der Waals surface area contributed by atoms with Crippen LogP contribution in [-0.2, 0) is 0 Å². The van der Waals surface area contributed by atoms with Crippen molar-refractivity contribution in [2.75, 3.05) is 45.9 Å². The molecule has 1 aromatic carbocycles. The van der Waals surface area contributed by atoms with E-state index in [1.54, 1.807) is 12.1 Å². The first-order chi connectivity index (χ1) is 14.3. The average Bonchev–Trinajstić information content (AvgIpc) is 3.31. The van der Waals surface area contributed by atoms with Gasteiger partial charge in [0.05, 0.1) is 12.9 Å². The molecule has 7 nitrogen and oxygen atoms in total. The number of carbonyl (C=O) groups excluding carboxylic acids is 1. The molecule has 0 saturated carbocycles. The van der Waals surface area contributed by atoms with E-state index in [0.717, 1.165) is 50.9 Å². The van der Waals surface area contributed by atoms with Gasteiger partial charge in [0.15, 0.2) is 11.7 Å². The lowest BCUT2D eigenvalue weighted by Crippen LogP contribution is -2.53. The second-order valence-corrected chi connectivity index (χ2v) is 7.32. The molecule has 1 aromatic heterocycles. The molecule has 0 spiro atoms. The number of piperazine rings is 1. The van der Waals surface area contributed by atoms with E-state index in [4.69, 9.17) is 14.1 Å². The van der Waals surface area contributed by atoms with Crippen molar-refractivity contribution in [3.8, 4) is 5.75 Å². The zero-order valence-corrected chi connectivity index (χ0v) is 16.8. The molecule has 1 N–H and O–H groups in total. The van der Waals surface area contributed by atoms with Crippen LogP contribution in [0.15, 0.2) is 52.1 Å². The molecule has 1 saturated heterocycles. The topological polar surface area (TPSA) is 70.3 Å². The number of fused-ring (bicyclic) bond motifs is 1. The van der Waals surface area contributed by atoms with Gasteiger partial charge in [-0.3, -0.25) is 9.79 Å². The van der Waals surface area contributed by atoms with Crippen molar-refractivity contribution in [3.05, 3.63) is 54.0 Å². The SMILES string of the molecule is CCNC(=NCC1CCOc2ccccc21)N1CCN(C(=O)c2ccco2)CC1. The Morgan fingerprint density at radius 2 is 1.93 bits per heavy atom. The highest BCUT2D eigenvalue weighted by atomic mass is 16.5.